The van der Waals surface area contributed by atoms with Gasteiger partial charge in [-0.3, -0.25) is 0 Å². The van der Waals surface area contributed by atoms with Crippen LogP contribution in [0.15, 0.2) is 0 Å². The highest BCUT2D eigenvalue weighted by Crippen LogP contribution is 2.04. The molecule has 17 heavy (non-hydrogen) atoms. The average Bonchev–Trinajstić information content (AvgIpc) is 2.12. The first-order chi connectivity index (χ1) is 7.81. The Morgan fingerprint density at radius 1 is 0.882 bits per heavy atom. The maximum atomic E-state index is 9.99. The van der Waals surface area contributed by atoms with Gasteiger partial charge in [-0.1, -0.05) is 41.5 Å². The van der Waals surface area contributed by atoms with Crippen LogP contribution in [0.4, 0.5) is 0 Å². The molecule has 0 bridgehead atoms. The number of rotatable bonds is 9. The molecule has 0 saturated heterocycles. The summed E-state index contributed by atoms with van der Waals surface area (Å²) in [6.45, 7) is 16.7. The van der Waals surface area contributed by atoms with E-state index in [2.05, 4.69) is 51.8 Å². The van der Waals surface area contributed by atoms with Crippen LogP contribution in [0.2, 0.25) is 0 Å². The van der Waals surface area contributed by atoms with Gasteiger partial charge in [0.25, 0.3) is 0 Å². The fourth-order valence-electron chi connectivity index (χ4n) is 1.99. The van der Waals surface area contributed by atoms with Gasteiger partial charge in [-0.05, 0) is 11.8 Å². The van der Waals surface area contributed by atoms with E-state index in [1.807, 2.05) is 0 Å². The molecular weight excluding hydrogens is 212 g/mol. The van der Waals surface area contributed by atoms with Crippen molar-refractivity contribution in [3.63, 3.8) is 0 Å². The molecule has 0 aliphatic heterocycles. The normalized spacial score (nSPS) is 14.3. The molecule has 0 fully saturated rings. The van der Waals surface area contributed by atoms with Gasteiger partial charge in [0.1, 0.15) is 0 Å². The van der Waals surface area contributed by atoms with Gasteiger partial charge < -0.3 is 15.3 Å². The van der Waals surface area contributed by atoms with Gasteiger partial charge in [-0.25, -0.2) is 0 Å². The lowest BCUT2D eigenvalue weighted by atomic mass is 10.1. The van der Waals surface area contributed by atoms with Crippen LogP contribution < -0.4 is 5.32 Å². The van der Waals surface area contributed by atoms with Gasteiger partial charge in [0, 0.05) is 32.2 Å². The van der Waals surface area contributed by atoms with Crippen molar-refractivity contribution in [2.24, 2.45) is 11.8 Å². The molecule has 0 radical (unpaired) electrons. The third kappa shape index (κ3) is 10.7. The molecule has 1 unspecified atom stereocenters. The van der Waals surface area contributed by atoms with E-state index in [1.165, 1.54) is 0 Å². The van der Waals surface area contributed by atoms with E-state index in [0.717, 1.165) is 19.6 Å². The van der Waals surface area contributed by atoms with Crippen molar-refractivity contribution in [1.82, 2.24) is 10.2 Å². The number of nitrogens with one attached hydrogen (secondary N) is 1. The predicted octanol–water partition coefficient (Wildman–Crippen LogP) is 1.96. The Morgan fingerprint density at radius 2 is 1.35 bits per heavy atom. The molecule has 2 N–H and O–H groups in total. The smallest absolute Gasteiger partial charge is 0.0791 e. The molecule has 0 amide bonds. The fraction of sp³-hybridized carbons (Fsp3) is 1.00. The number of nitrogens with zero attached hydrogens (tertiary/aromatic N) is 1. The van der Waals surface area contributed by atoms with Crippen LogP contribution in [0.25, 0.3) is 0 Å². The lowest BCUT2D eigenvalue weighted by Crippen LogP contribution is -2.42. The minimum absolute atomic E-state index is 0.269. The Morgan fingerprint density at radius 3 is 1.71 bits per heavy atom. The monoisotopic (exact) mass is 244 g/mol. The van der Waals surface area contributed by atoms with Crippen LogP contribution in [-0.2, 0) is 0 Å². The Labute approximate surface area is 108 Å². The largest absolute Gasteiger partial charge is 0.390 e. The van der Waals surface area contributed by atoms with Gasteiger partial charge in [0.15, 0.2) is 0 Å². The molecular formula is C14H32N2O. The van der Waals surface area contributed by atoms with E-state index in [9.17, 15) is 5.11 Å². The van der Waals surface area contributed by atoms with Crippen molar-refractivity contribution in [2.45, 2.75) is 53.7 Å². The van der Waals surface area contributed by atoms with Crippen molar-refractivity contribution < 1.29 is 5.11 Å². The molecule has 1 atom stereocenters. The molecule has 0 aromatic rings. The highest BCUT2D eigenvalue weighted by molar-refractivity contribution is 4.70. The van der Waals surface area contributed by atoms with Crippen LogP contribution in [0.1, 0.15) is 41.5 Å². The Bertz CT molecular complexity index is 171. The summed E-state index contributed by atoms with van der Waals surface area (Å²) in [5.41, 5.74) is 0. The molecule has 104 valence electrons. The second-order valence-electron chi connectivity index (χ2n) is 6.22. The number of aliphatic hydroxyl groups is 1. The highest BCUT2D eigenvalue weighted by Gasteiger charge is 2.14. The maximum Gasteiger partial charge on any atom is 0.0791 e. The maximum absolute atomic E-state index is 9.99. The zero-order chi connectivity index (χ0) is 13.4. The van der Waals surface area contributed by atoms with Gasteiger partial charge >= 0.3 is 0 Å². The van der Waals surface area contributed by atoms with Crippen LogP contribution in [0.5, 0.6) is 0 Å². The summed E-state index contributed by atoms with van der Waals surface area (Å²) in [5, 5.41) is 13.3. The number of aliphatic hydroxyl groups excluding tert-OH is 1. The van der Waals surface area contributed by atoms with E-state index in [0.29, 0.717) is 24.4 Å². The van der Waals surface area contributed by atoms with Crippen molar-refractivity contribution in [3.8, 4) is 0 Å². The SMILES string of the molecule is CC(C)CN(CC(C)C)CC(O)CNC(C)C. The van der Waals surface area contributed by atoms with Crippen LogP contribution in [0, 0.1) is 11.8 Å². The van der Waals surface area contributed by atoms with E-state index in [-0.39, 0.29) is 6.10 Å². The molecule has 0 aromatic carbocycles. The van der Waals surface area contributed by atoms with Crippen LogP contribution in [0.3, 0.4) is 0 Å². The van der Waals surface area contributed by atoms with Crippen molar-refractivity contribution in [2.75, 3.05) is 26.2 Å². The Balaban J connectivity index is 4.03. The Hall–Kier alpha value is -0.120. The third-order valence-electron chi connectivity index (χ3n) is 2.48. The standard InChI is InChI=1S/C14H32N2O/c1-11(2)8-16(9-12(3)4)10-14(17)7-15-13(5)6/h11-15,17H,7-10H2,1-6H3. The summed E-state index contributed by atoms with van der Waals surface area (Å²) in [4.78, 5) is 2.38. The first-order valence-electron chi connectivity index (χ1n) is 6.95. The topological polar surface area (TPSA) is 35.5 Å². The van der Waals surface area contributed by atoms with Gasteiger partial charge in [0.2, 0.25) is 0 Å². The van der Waals surface area contributed by atoms with E-state index in [4.69, 9.17) is 0 Å². The molecule has 0 aromatic heterocycles. The predicted molar refractivity (Wildman–Crippen MR) is 75.3 cm³/mol. The minimum atomic E-state index is -0.269. The zero-order valence-electron chi connectivity index (χ0n) is 12.5. The van der Waals surface area contributed by atoms with Gasteiger partial charge in [-0.15, -0.1) is 0 Å². The van der Waals surface area contributed by atoms with E-state index < -0.39 is 0 Å². The lowest BCUT2D eigenvalue weighted by molar-refractivity contribution is 0.0962. The molecule has 0 aliphatic carbocycles. The summed E-state index contributed by atoms with van der Waals surface area (Å²) in [6.07, 6.45) is -0.269. The summed E-state index contributed by atoms with van der Waals surface area (Å²) in [6, 6.07) is 0.438. The summed E-state index contributed by atoms with van der Waals surface area (Å²) < 4.78 is 0. The molecule has 0 rings (SSSR count). The molecule has 0 heterocycles. The van der Waals surface area contributed by atoms with Crippen molar-refractivity contribution in [3.05, 3.63) is 0 Å². The molecule has 0 aliphatic rings. The number of hydrogen-bond acceptors (Lipinski definition) is 3. The Kier molecular flexibility index (Phi) is 8.83. The third-order valence-corrected chi connectivity index (χ3v) is 2.48. The molecule has 3 heteroatoms. The molecule has 0 spiro atoms. The second kappa shape index (κ2) is 8.90. The van der Waals surface area contributed by atoms with Crippen LogP contribution >= 0.6 is 0 Å². The lowest BCUT2D eigenvalue weighted by Gasteiger charge is -2.28. The minimum Gasteiger partial charge on any atom is -0.390 e. The number of hydrogen-bond donors (Lipinski definition) is 2. The molecule has 3 nitrogen and oxygen atoms in total. The summed E-state index contributed by atoms with van der Waals surface area (Å²) in [7, 11) is 0. The quantitative estimate of drug-likeness (QED) is 0.651. The van der Waals surface area contributed by atoms with Crippen LogP contribution in [-0.4, -0.2) is 48.3 Å². The summed E-state index contributed by atoms with van der Waals surface area (Å²) in [5.74, 6) is 1.30. The van der Waals surface area contributed by atoms with Crippen molar-refractivity contribution in [1.29, 1.82) is 0 Å². The van der Waals surface area contributed by atoms with E-state index >= 15 is 0 Å². The second-order valence-corrected chi connectivity index (χ2v) is 6.22. The summed E-state index contributed by atoms with van der Waals surface area (Å²) >= 11 is 0. The fourth-order valence-corrected chi connectivity index (χ4v) is 1.99. The van der Waals surface area contributed by atoms with E-state index in [1.54, 1.807) is 0 Å². The first-order valence-corrected chi connectivity index (χ1v) is 6.95. The van der Waals surface area contributed by atoms with Gasteiger partial charge in [-0.2, -0.15) is 0 Å². The average molecular weight is 244 g/mol. The highest BCUT2D eigenvalue weighted by atomic mass is 16.3. The van der Waals surface area contributed by atoms with Crippen molar-refractivity contribution >= 4 is 0 Å². The molecule has 0 saturated carbocycles. The van der Waals surface area contributed by atoms with Gasteiger partial charge in [0.05, 0.1) is 6.10 Å². The first kappa shape index (κ1) is 16.9. The zero-order valence-corrected chi connectivity index (χ0v) is 12.5.